The van der Waals surface area contributed by atoms with Gasteiger partial charge < -0.3 is 0 Å². The third-order valence-electron chi connectivity index (χ3n) is 3.63. The molecule has 0 saturated heterocycles. The summed E-state index contributed by atoms with van der Waals surface area (Å²) in [5.41, 5.74) is 0.786. The zero-order valence-corrected chi connectivity index (χ0v) is 14.1. The van der Waals surface area contributed by atoms with E-state index in [4.69, 9.17) is 0 Å². The molecule has 0 aliphatic heterocycles. The molecule has 1 aliphatic rings. The van der Waals surface area contributed by atoms with E-state index in [0.29, 0.717) is 0 Å². The molecule has 1 saturated carbocycles. The molecular formula is C16H15BrFNO2S. The molecule has 3 rings (SSSR count). The standard InChI is InChI=1S/C16H15BrFNO2S/c17-13-3-9-16(10-4-13)22(20,21)19(15-7-8-15)11-12-1-5-14(18)6-2-12/h1-6,9-10,15H,7-8,11H2. The zero-order chi connectivity index (χ0) is 15.7. The fourth-order valence-corrected chi connectivity index (χ4v) is 4.22. The second kappa shape index (κ2) is 6.10. The van der Waals surface area contributed by atoms with E-state index >= 15 is 0 Å². The lowest BCUT2D eigenvalue weighted by atomic mass is 10.2. The van der Waals surface area contributed by atoms with E-state index in [0.717, 1.165) is 22.9 Å². The Morgan fingerprint density at radius 1 is 1.05 bits per heavy atom. The van der Waals surface area contributed by atoms with Crippen LogP contribution in [-0.4, -0.2) is 18.8 Å². The van der Waals surface area contributed by atoms with Gasteiger partial charge >= 0.3 is 0 Å². The van der Waals surface area contributed by atoms with Crippen molar-refractivity contribution in [2.24, 2.45) is 0 Å². The summed E-state index contributed by atoms with van der Waals surface area (Å²) < 4.78 is 41.0. The van der Waals surface area contributed by atoms with Crippen LogP contribution in [0.3, 0.4) is 0 Å². The van der Waals surface area contributed by atoms with Gasteiger partial charge in [0, 0.05) is 17.1 Å². The Balaban J connectivity index is 1.90. The average molecular weight is 384 g/mol. The summed E-state index contributed by atoms with van der Waals surface area (Å²) in [4.78, 5) is 0.282. The fraction of sp³-hybridized carbons (Fsp3) is 0.250. The summed E-state index contributed by atoms with van der Waals surface area (Å²) in [6, 6.07) is 12.6. The zero-order valence-electron chi connectivity index (χ0n) is 11.7. The number of hydrogen-bond acceptors (Lipinski definition) is 2. The first-order valence-corrected chi connectivity index (χ1v) is 9.22. The number of rotatable bonds is 5. The molecule has 3 nitrogen and oxygen atoms in total. The Morgan fingerprint density at radius 3 is 2.18 bits per heavy atom. The van der Waals surface area contributed by atoms with Crippen LogP contribution in [0, 0.1) is 5.82 Å². The molecule has 6 heteroatoms. The van der Waals surface area contributed by atoms with Crippen molar-refractivity contribution in [3.63, 3.8) is 0 Å². The maximum absolute atomic E-state index is 13.0. The molecule has 0 atom stereocenters. The second-order valence-corrected chi connectivity index (χ2v) is 8.17. The van der Waals surface area contributed by atoms with Crippen molar-refractivity contribution in [2.45, 2.75) is 30.3 Å². The lowest BCUT2D eigenvalue weighted by Crippen LogP contribution is -2.32. The highest BCUT2D eigenvalue weighted by atomic mass is 79.9. The molecule has 0 amide bonds. The summed E-state index contributed by atoms with van der Waals surface area (Å²) in [5, 5.41) is 0. The van der Waals surface area contributed by atoms with E-state index in [1.807, 2.05) is 0 Å². The summed E-state index contributed by atoms with van der Waals surface area (Å²) in [6.07, 6.45) is 1.74. The second-order valence-electron chi connectivity index (χ2n) is 5.36. The third-order valence-corrected chi connectivity index (χ3v) is 6.07. The Labute approximate surface area is 137 Å². The highest BCUT2D eigenvalue weighted by Gasteiger charge is 2.37. The number of halogens is 2. The number of hydrogen-bond donors (Lipinski definition) is 0. The van der Waals surface area contributed by atoms with Crippen LogP contribution in [0.1, 0.15) is 18.4 Å². The average Bonchev–Trinajstić information content (AvgIpc) is 3.31. The molecule has 0 N–H and O–H groups in total. The first-order chi connectivity index (χ1) is 10.5. The molecule has 0 aromatic heterocycles. The van der Waals surface area contributed by atoms with Gasteiger partial charge in [0.2, 0.25) is 10.0 Å². The number of nitrogens with zero attached hydrogens (tertiary/aromatic N) is 1. The third kappa shape index (κ3) is 3.39. The molecule has 0 bridgehead atoms. The van der Waals surface area contributed by atoms with Crippen LogP contribution in [0.15, 0.2) is 57.9 Å². The summed E-state index contributed by atoms with van der Waals surface area (Å²) in [5.74, 6) is -0.322. The fourth-order valence-electron chi connectivity index (χ4n) is 2.28. The van der Waals surface area contributed by atoms with Crippen LogP contribution in [-0.2, 0) is 16.6 Å². The highest BCUT2D eigenvalue weighted by Crippen LogP contribution is 2.33. The van der Waals surface area contributed by atoms with Crippen molar-refractivity contribution in [3.05, 3.63) is 64.4 Å². The van der Waals surface area contributed by atoms with Gasteiger partial charge in [-0.1, -0.05) is 28.1 Å². The SMILES string of the molecule is O=S(=O)(c1ccc(Br)cc1)N(Cc1ccc(F)cc1)C1CC1. The van der Waals surface area contributed by atoms with Crippen molar-refractivity contribution in [1.82, 2.24) is 4.31 Å². The van der Waals surface area contributed by atoms with Crippen molar-refractivity contribution < 1.29 is 12.8 Å². The number of benzene rings is 2. The van der Waals surface area contributed by atoms with Crippen LogP contribution in [0.4, 0.5) is 4.39 Å². The lowest BCUT2D eigenvalue weighted by molar-refractivity contribution is 0.398. The lowest BCUT2D eigenvalue weighted by Gasteiger charge is -2.22. The molecule has 22 heavy (non-hydrogen) atoms. The molecule has 2 aromatic rings. The Morgan fingerprint density at radius 2 is 1.64 bits per heavy atom. The van der Waals surface area contributed by atoms with Gasteiger partial charge in [0.25, 0.3) is 0 Å². The molecule has 1 fully saturated rings. The van der Waals surface area contributed by atoms with Gasteiger partial charge in [0.1, 0.15) is 5.82 Å². The summed E-state index contributed by atoms with van der Waals surface area (Å²) in [6.45, 7) is 0.267. The van der Waals surface area contributed by atoms with Gasteiger partial charge in [-0.15, -0.1) is 0 Å². The minimum absolute atomic E-state index is 0.0405. The summed E-state index contributed by atoms with van der Waals surface area (Å²) >= 11 is 3.31. The Hall–Kier alpha value is -1.24. The quantitative estimate of drug-likeness (QED) is 0.783. The Bertz CT molecular complexity index is 756. The van der Waals surface area contributed by atoms with E-state index in [1.165, 1.54) is 16.4 Å². The van der Waals surface area contributed by atoms with Crippen LogP contribution in [0.5, 0.6) is 0 Å². The molecule has 0 radical (unpaired) electrons. The first-order valence-electron chi connectivity index (χ1n) is 6.99. The highest BCUT2D eigenvalue weighted by molar-refractivity contribution is 9.10. The van der Waals surface area contributed by atoms with Crippen LogP contribution in [0.2, 0.25) is 0 Å². The van der Waals surface area contributed by atoms with Gasteiger partial charge in [-0.2, -0.15) is 4.31 Å². The van der Waals surface area contributed by atoms with E-state index in [2.05, 4.69) is 15.9 Å². The maximum atomic E-state index is 13.0. The molecular weight excluding hydrogens is 369 g/mol. The molecule has 0 unspecified atom stereocenters. The largest absolute Gasteiger partial charge is 0.243 e. The van der Waals surface area contributed by atoms with Gasteiger partial charge in [-0.05, 0) is 54.8 Å². The topological polar surface area (TPSA) is 37.4 Å². The van der Waals surface area contributed by atoms with Crippen molar-refractivity contribution in [1.29, 1.82) is 0 Å². The minimum Gasteiger partial charge on any atom is -0.207 e. The molecule has 0 spiro atoms. The van der Waals surface area contributed by atoms with Crippen molar-refractivity contribution in [2.75, 3.05) is 0 Å². The predicted octanol–water partition coefficient (Wildman–Crippen LogP) is 3.94. The van der Waals surface area contributed by atoms with E-state index in [9.17, 15) is 12.8 Å². The normalized spacial score (nSPS) is 15.2. The monoisotopic (exact) mass is 383 g/mol. The van der Waals surface area contributed by atoms with Gasteiger partial charge in [-0.25, -0.2) is 12.8 Å². The van der Waals surface area contributed by atoms with Crippen molar-refractivity contribution in [3.8, 4) is 0 Å². The smallest absolute Gasteiger partial charge is 0.207 e. The van der Waals surface area contributed by atoms with E-state index < -0.39 is 10.0 Å². The van der Waals surface area contributed by atoms with Crippen molar-refractivity contribution >= 4 is 26.0 Å². The van der Waals surface area contributed by atoms with Crippen LogP contribution < -0.4 is 0 Å². The molecule has 0 heterocycles. The van der Waals surface area contributed by atoms with Gasteiger partial charge in [0.15, 0.2) is 0 Å². The van der Waals surface area contributed by atoms with E-state index in [-0.39, 0.29) is 23.3 Å². The maximum Gasteiger partial charge on any atom is 0.243 e. The molecule has 116 valence electrons. The first kappa shape index (κ1) is 15.6. The minimum atomic E-state index is -3.54. The van der Waals surface area contributed by atoms with Gasteiger partial charge in [0.05, 0.1) is 4.90 Å². The predicted molar refractivity (Wildman–Crippen MR) is 86.3 cm³/mol. The van der Waals surface area contributed by atoms with Crippen LogP contribution >= 0.6 is 15.9 Å². The molecule has 2 aromatic carbocycles. The van der Waals surface area contributed by atoms with Crippen LogP contribution in [0.25, 0.3) is 0 Å². The number of sulfonamides is 1. The summed E-state index contributed by atoms with van der Waals surface area (Å²) in [7, 11) is -3.54. The van der Waals surface area contributed by atoms with Gasteiger partial charge in [-0.3, -0.25) is 0 Å². The molecule has 1 aliphatic carbocycles. The Kier molecular flexibility index (Phi) is 4.34. The van der Waals surface area contributed by atoms with E-state index in [1.54, 1.807) is 36.4 Å².